The van der Waals surface area contributed by atoms with E-state index in [1.54, 1.807) is 0 Å². The Hall–Kier alpha value is -1.13. The maximum Gasteiger partial charge on any atom is 0.0927 e. The van der Waals surface area contributed by atoms with E-state index in [1.807, 2.05) is 18.2 Å². The number of aromatic nitrogens is 2. The Morgan fingerprint density at radius 2 is 2.27 bits per heavy atom. The third-order valence-electron chi connectivity index (χ3n) is 2.39. The minimum absolute atomic E-state index is 0.486. The van der Waals surface area contributed by atoms with Crippen LogP contribution in [0.3, 0.4) is 0 Å². The molecule has 2 rings (SSSR count). The van der Waals surface area contributed by atoms with Crippen LogP contribution in [0.2, 0.25) is 0 Å². The lowest BCUT2D eigenvalue weighted by molar-refractivity contribution is 0.948. The van der Waals surface area contributed by atoms with Crippen LogP contribution in [0.25, 0.3) is 11.3 Å². The van der Waals surface area contributed by atoms with Gasteiger partial charge >= 0.3 is 0 Å². The fourth-order valence-electron chi connectivity index (χ4n) is 1.49. The summed E-state index contributed by atoms with van der Waals surface area (Å²) in [7, 11) is 0. The van der Waals surface area contributed by atoms with E-state index in [9.17, 15) is 0 Å². The molecule has 1 heterocycles. The highest BCUT2D eigenvalue weighted by Crippen LogP contribution is 2.27. The van der Waals surface area contributed by atoms with Crippen molar-refractivity contribution in [2.45, 2.75) is 13.5 Å². The molecule has 4 heteroatoms. The molecule has 78 valence electrons. The second kappa shape index (κ2) is 4.16. The van der Waals surface area contributed by atoms with E-state index in [0.717, 1.165) is 21.4 Å². The van der Waals surface area contributed by atoms with Crippen LogP contribution in [0.1, 0.15) is 11.3 Å². The summed E-state index contributed by atoms with van der Waals surface area (Å²) in [6.45, 7) is 2.55. The topological polar surface area (TPSA) is 54.7 Å². The number of nitrogens with zero attached hydrogens (tertiary/aromatic N) is 1. The number of rotatable bonds is 2. The van der Waals surface area contributed by atoms with E-state index in [4.69, 9.17) is 5.73 Å². The molecule has 3 nitrogen and oxygen atoms in total. The minimum atomic E-state index is 0.486. The molecule has 0 fully saturated rings. The van der Waals surface area contributed by atoms with Gasteiger partial charge in [0.05, 0.1) is 5.69 Å². The number of aromatic amines is 1. The first kappa shape index (κ1) is 10.4. The molecule has 0 aliphatic rings. The zero-order valence-electron chi connectivity index (χ0n) is 8.42. The van der Waals surface area contributed by atoms with Gasteiger partial charge in [0.25, 0.3) is 0 Å². The third kappa shape index (κ3) is 1.96. The first-order valence-corrected chi connectivity index (χ1v) is 5.51. The van der Waals surface area contributed by atoms with Crippen molar-refractivity contribution in [3.8, 4) is 11.3 Å². The van der Waals surface area contributed by atoms with Crippen LogP contribution in [0.15, 0.2) is 28.7 Å². The fraction of sp³-hybridized carbons (Fsp3) is 0.182. The standard InChI is InChI=1S/C11H12BrN3/c1-7-9(3-2-4-10(7)12)11-5-8(6-13)14-15-11/h2-5H,6,13H2,1H3,(H,14,15). The molecule has 2 aromatic rings. The van der Waals surface area contributed by atoms with Gasteiger partial charge in [0.2, 0.25) is 0 Å². The zero-order chi connectivity index (χ0) is 10.8. The summed E-state index contributed by atoms with van der Waals surface area (Å²) in [6.07, 6.45) is 0. The van der Waals surface area contributed by atoms with Gasteiger partial charge in [0.1, 0.15) is 0 Å². The lowest BCUT2D eigenvalue weighted by Crippen LogP contribution is -1.95. The average Bonchev–Trinajstić information content (AvgIpc) is 2.70. The Morgan fingerprint density at radius 3 is 2.93 bits per heavy atom. The number of hydrogen-bond donors (Lipinski definition) is 2. The van der Waals surface area contributed by atoms with Crippen molar-refractivity contribution in [3.05, 3.63) is 40.0 Å². The number of halogens is 1. The molecule has 0 radical (unpaired) electrons. The van der Waals surface area contributed by atoms with E-state index in [-0.39, 0.29) is 0 Å². The zero-order valence-corrected chi connectivity index (χ0v) is 10.0. The van der Waals surface area contributed by atoms with Crippen molar-refractivity contribution in [3.63, 3.8) is 0 Å². The largest absolute Gasteiger partial charge is 0.325 e. The van der Waals surface area contributed by atoms with Crippen LogP contribution < -0.4 is 5.73 Å². The number of H-pyrrole nitrogens is 1. The highest BCUT2D eigenvalue weighted by Gasteiger charge is 2.07. The molecule has 0 saturated heterocycles. The monoisotopic (exact) mass is 265 g/mol. The summed E-state index contributed by atoms with van der Waals surface area (Å²) in [5, 5.41) is 7.14. The van der Waals surface area contributed by atoms with Gasteiger partial charge in [0.15, 0.2) is 0 Å². The molecule has 0 saturated carbocycles. The van der Waals surface area contributed by atoms with Crippen molar-refractivity contribution in [1.29, 1.82) is 0 Å². The predicted octanol–water partition coefficient (Wildman–Crippen LogP) is 2.61. The SMILES string of the molecule is Cc1c(Br)cccc1-c1cc(CN)[nH]n1. The second-order valence-electron chi connectivity index (χ2n) is 3.39. The van der Waals surface area contributed by atoms with Gasteiger partial charge in [-0.15, -0.1) is 0 Å². The molecule has 0 aliphatic carbocycles. The van der Waals surface area contributed by atoms with E-state index < -0.39 is 0 Å². The average molecular weight is 266 g/mol. The quantitative estimate of drug-likeness (QED) is 0.877. The van der Waals surface area contributed by atoms with Crippen molar-refractivity contribution < 1.29 is 0 Å². The maximum absolute atomic E-state index is 5.53. The first-order chi connectivity index (χ1) is 7.22. The molecular formula is C11H12BrN3. The highest BCUT2D eigenvalue weighted by molar-refractivity contribution is 9.10. The summed E-state index contributed by atoms with van der Waals surface area (Å²) in [5.74, 6) is 0. The Bertz CT molecular complexity index is 476. The molecule has 15 heavy (non-hydrogen) atoms. The van der Waals surface area contributed by atoms with Crippen LogP contribution in [0.4, 0.5) is 0 Å². The Labute approximate surface area is 96.8 Å². The summed E-state index contributed by atoms with van der Waals surface area (Å²) >= 11 is 3.50. The van der Waals surface area contributed by atoms with Gasteiger partial charge in [-0.05, 0) is 24.6 Å². The van der Waals surface area contributed by atoms with Crippen molar-refractivity contribution in [2.24, 2.45) is 5.73 Å². The molecule has 0 unspecified atom stereocenters. The minimum Gasteiger partial charge on any atom is -0.325 e. The molecule has 1 aromatic carbocycles. The Morgan fingerprint density at radius 1 is 1.47 bits per heavy atom. The predicted molar refractivity (Wildman–Crippen MR) is 64.4 cm³/mol. The fourth-order valence-corrected chi connectivity index (χ4v) is 1.86. The lowest BCUT2D eigenvalue weighted by Gasteiger charge is -2.03. The molecular weight excluding hydrogens is 254 g/mol. The number of nitrogens with two attached hydrogens (primary N) is 1. The number of hydrogen-bond acceptors (Lipinski definition) is 2. The number of benzene rings is 1. The van der Waals surface area contributed by atoms with E-state index in [1.165, 1.54) is 5.56 Å². The van der Waals surface area contributed by atoms with Crippen molar-refractivity contribution in [1.82, 2.24) is 10.2 Å². The summed E-state index contributed by atoms with van der Waals surface area (Å²) in [6, 6.07) is 8.06. The van der Waals surface area contributed by atoms with Gasteiger partial charge < -0.3 is 5.73 Å². The first-order valence-electron chi connectivity index (χ1n) is 4.72. The van der Waals surface area contributed by atoms with E-state index in [2.05, 4.69) is 39.1 Å². The Kier molecular flexibility index (Phi) is 2.88. The van der Waals surface area contributed by atoms with Crippen molar-refractivity contribution >= 4 is 15.9 Å². The maximum atomic E-state index is 5.53. The van der Waals surface area contributed by atoms with Gasteiger partial charge in [-0.1, -0.05) is 28.1 Å². The summed E-state index contributed by atoms with van der Waals surface area (Å²) in [5.41, 5.74) is 9.73. The highest BCUT2D eigenvalue weighted by atomic mass is 79.9. The Balaban J connectivity index is 2.49. The molecule has 0 amide bonds. The van der Waals surface area contributed by atoms with Gasteiger partial charge in [-0.2, -0.15) is 5.10 Å². The molecule has 0 spiro atoms. The molecule has 3 N–H and O–H groups in total. The lowest BCUT2D eigenvalue weighted by atomic mass is 10.1. The summed E-state index contributed by atoms with van der Waals surface area (Å²) in [4.78, 5) is 0. The molecule has 1 aromatic heterocycles. The molecule has 0 atom stereocenters. The smallest absolute Gasteiger partial charge is 0.0927 e. The van der Waals surface area contributed by atoms with E-state index >= 15 is 0 Å². The second-order valence-corrected chi connectivity index (χ2v) is 4.25. The summed E-state index contributed by atoms with van der Waals surface area (Å²) < 4.78 is 1.09. The van der Waals surface area contributed by atoms with Crippen LogP contribution in [-0.4, -0.2) is 10.2 Å². The van der Waals surface area contributed by atoms with Crippen molar-refractivity contribution in [2.75, 3.05) is 0 Å². The van der Waals surface area contributed by atoms with Crippen LogP contribution in [0, 0.1) is 6.92 Å². The van der Waals surface area contributed by atoms with E-state index in [0.29, 0.717) is 6.54 Å². The van der Waals surface area contributed by atoms with Gasteiger partial charge in [0, 0.05) is 22.3 Å². The third-order valence-corrected chi connectivity index (χ3v) is 3.25. The van der Waals surface area contributed by atoms with Gasteiger partial charge in [-0.25, -0.2) is 0 Å². The molecule has 0 bridgehead atoms. The molecule has 0 aliphatic heterocycles. The van der Waals surface area contributed by atoms with Gasteiger partial charge in [-0.3, -0.25) is 5.10 Å². The van der Waals surface area contributed by atoms with Crippen LogP contribution >= 0.6 is 15.9 Å². The van der Waals surface area contributed by atoms with Crippen LogP contribution in [0.5, 0.6) is 0 Å². The normalized spacial score (nSPS) is 10.6. The van der Waals surface area contributed by atoms with Crippen LogP contribution in [-0.2, 0) is 6.54 Å². The number of nitrogens with one attached hydrogen (secondary N) is 1.